The van der Waals surface area contributed by atoms with Gasteiger partial charge in [-0.15, -0.1) is 0 Å². The largest absolute Gasteiger partial charge is 0.368 e. The fraction of sp³-hybridized carbons (Fsp3) is 0.706. The number of rotatable bonds is 5. The maximum absolute atomic E-state index is 12.7. The van der Waals surface area contributed by atoms with Crippen molar-refractivity contribution in [2.45, 2.75) is 31.3 Å². The fourth-order valence-corrected chi connectivity index (χ4v) is 5.07. The number of carbonyl (C=O) groups is 3. The second-order valence-corrected chi connectivity index (χ2v) is 7.55. The lowest BCUT2D eigenvalue weighted by molar-refractivity contribution is -0.130. The van der Waals surface area contributed by atoms with E-state index in [1.54, 1.807) is 0 Å². The van der Waals surface area contributed by atoms with Crippen molar-refractivity contribution >= 4 is 17.7 Å². The maximum Gasteiger partial charge on any atom is 0.240 e. The van der Waals surface area contributed by atoms with Crippen LogP contribution in [0.1, 0.15) is 19.3 Å². The lowest BCUT2D eigenvalue weighted by Gasteiger charge is -2.26. The lowest BCUT2D eigenvalue weighted by atomic mass is 9.81. The van der Waals surface area contributed by atoms with E-state index in [0.29, 0.717) is 36.6 Å². The van der Waals surface area contributed by atoms with E-state index in [9.17, 15) is 14.4 Å². The van der Waals surface area contributed by atoms with Gasteiger partial charge >= 0.3 is 0 Å². The van der Waals surface area contributed by atoms with Gasteiger partial charge in [0.15, 0.2) is 0 Å². The quantitative estimate of drug-likeness (QED) is 0.478. The molecule has 2 bridgehead atoms. The molecule has 4 aliphatic rings. The van der Waals surface area contributed by atoms with Crippen molar-refractivity contribution in [3.05, 3.63) is 12.2 Å². The molecule has 24 heavy (non-hydrogen) atoms. The highest BCUT2D eigenvalue weighted by molar-refractivity contribution is 5.90. The third-order valence-corrected chi connectivity index (χ3v) is 6.27. The topological polar surface area (TPSA) is 113 Å². The number of hydrogen-bond acceptors (Lipinski definition) is 4. The molecule has 7 nitrogen and oxygen atoms in total. The normalized spacial score (nSPS) is 40.4. The molecule has 0 aromatic carbocycles. The SMILES string of the molecule is NC(=O)C(C[C@@H]1CCNC1=O)NC(=O)[C@H]1NC[C@H]2[C@@H]1[C@H]1C=C[C@@H]2C1. The van der Waals surface area contributed by atoms with Crippen molar-refractivity contribution in [3.63, 3.8) is 0 Å². The molecule has 2 aliphatic carbocycles. The number of hydrogen-bond donors (Lipinski definition) is 4. The van der Waals surface area contributed by atoms with E-state index in [1.165, 1.54) is 0 Å². The zero-order valence-electron chi connectivity index (χ0n) is 13.5. The van der Waals surface area contributed by atoms with E-state index in [-0.39, 0.29) is 30.2 Å². The minimum Gasteiger partial charge on any atom is -0.368 e. The molecule has 3 amide bonds. The first-order chi connectivity index (χ1) is 11.5. The number of nitrogens with one attached hydrogen (secondary N) is 3. The summed E-state index contributed by atoms with van der Waals surface area (Å²) in [4.78, 5) is 36.2. The first-order valence-electron chi connectivity index (χ1n) is 8.83. The zero-order chi connectivity index (χ0) is 16.8. The molecule has 2 saturated heterocycles. The number of carbonyl (C=O) groups excluding carboxylic acids is 3. The second-order valence-electron chi connectivity index (χ2n) is 7.55. The van der Waals surface area contributed by atoms with Crippen LogP contribution < -0.4 is 21.7 Å². The van der Waals surface area contributed by atoms with Crippen LogP contribution in [0.25, 0.3) is 0 Å². The van der Waals surface area contributed by atoms with Crippen molar-refractivity contribution in [2.24, 2.45) is 35.3 Å². The van der Waals surface area contributed by atoms with Crippen LogP contribution in [0, 0.1) is 29.6 Å². The van der Waals surface area contributed by atoms with Gasteiger partial charge < -0.3 is 21.7 Å². The maximum atomic E-state index is 12.7. The summed E-state index contributed by atoms with van der Waals surface area (Å²) in [5, 5.41) is 8.87. The van der Waals surface area contributed by atoms with Crippen LogP contribution >= 0.6 is 0 Å². The van der Waals surface area contributed by atoms with E-state index >= 15 is 0 Å². The summed E-state index contributed by atoms with van der Waals surface area (Å²) in [6, 6.07) is -1.06. The number of allylic oxidation sites excluding steroid dienone is 2. The van der Waals surface area contributed by atoms with Crippen molar-refractivity contribution in [1.29, 1.82) is 0 Å². The van der Waals surface area contributed by atoms with Crippen molar-refractivity contribution in [3.8, 4) is 0 Å². The molecule has 5 N–H and O–H groups in total. The summed E-state index contributed by atoms with van der Waals surface area (Å²) in [7, 11) is 0. The Balaban J connectivity index is 1.41. The molecule has 1 saturated carbocycles. The van der Waals surface area contributed by atoms with Crippen LogP contribution in [0.5, 0.6) is 0 Å². The van der Waals surface area contributed by atoms with Gasteiger partial charge in [0.05, 0.1) is 6.04 Å². The van der Waals surface area contributed by atoms with E-state index in [0.717, 1.165) is 13.0 Å². The average Bonchev–Trinajstić information content (AvgIpc) is 3.28. The Morgan fingerprint density at radius 1 is 1.33 bits per heavy atom. The van der Waals surface area contributed by atoms with Crippen molar-refractivity contribution in [2.75, 3.05) is 13.1 Å². The Labute approximate surface area is 140 Å². The molecule has 0 aromatic heterocycles. The van der Waals surface area contributed by atoms with Gasteiger partial charge in [-0.25, -0.2) is 0 Å². The Morgan fingerprint density at radius 3 is 2.83 bits per heavy atom. The summed E-state index contributed by atoms with van der Waals surface area (Å²) in [6.45, 7) is 1.47. The van der Waals surface area contributed by atoms with Gasteiger partial charge in [-0.2, -0.15) is 0 Å². The first kappa shape index (κ1) is 15.6. The van der Waals surface area contributed by atoms with Gasteiger partial charge in [-0.1, -0.05) is 12.2 Å². The molecule has 7 heteroatoms. The summed E-state index contributed by atoms with van der Waals surface area (Å²) < 4.78 is 0. The molecule has 0 aromatic rings. The third-order valence-electron chi connectivity index (χ3n) is 6.27. The standard InChI is InChI=1S/C17H24N4O3/c18-15(22)12(6-10-3-4-19-16(10)23)21-17(24)14-13-9-2-1-8(5-9)11(13)7-20-14/h1-2,8-14,20H,3-7H2,(H2,18,22)(H,19,23)(H,21,24)/t8-,9+,10+,11-,12?,13+,14+/m1/s1. The molecular weight excluding hydrogens is 308 g/mol. The highest BCUT2D eigenvalue weighted by atomic mass is 16.2. The van der Waals surface area contributed by atoms with E-state index in [1.807, 2.05) is 0 Å². The molecule has 4 rings (SSSR count). The molecule has 0 radical (unpaired) electrons. The Bertz CT molecular complexity index is 605. The third kappa shape index (κ3) is 2.51. The Morgan fingerprint density at radius 2 is 2.12 bits per heavy atom. The smallest absolute Gasteiger partial charge is 0.240 e. The molecule has 2 heterocycles. The summed E-state index contributed by atoms with van der Waals surface area (Å²) in [5.41, 5.74) is 5.46. The number of fused-ring (bicyclic) bond motifs is 5. The zero-order valence-corrected chi connectivity index (χ0v) is 13.5. The van der Waals surface area contributed by atoms with Gasteiger partial charge in [-0.3, -0.25) is 14.4 Å². The second kappa shape index (κ2) is 5.88. The first-order valence-corrected chi connectivity index (χ1v) is 8.83. The van der Waals surface area contributed by atoms with Crippen LogP contribution in [0.15, 0.2) is 12.2 Å². The minimum atomic E-state index is -0.790. The van der Waals surface area contributed by atoms with Crippen LogP contribution in [0.2, 0.25) is 0 Å². The van der Waals surface area contributed by atoms with E-state index in [4.69, 9.17) is 5.73 Å². The predicted octanol–water partition coefficient (Wildman–Crippen LogP) is -1.11. The highest BCUT2D eigenvalue weighted by Crippen LogP contribution is 2.51. The van der Waals surface area contributed by atoms with Gasteiger partial charge in [0, 0.05) is 12.5 Å². The monoisotopic (exact) mass is 332 g/mol. The number of nitrogens with two attached hydrogens (primary N) is 1. The van der Waals surface area contributed by atoms with Crippen LogP contribution in [0.4, 0.5) is 0 Å². The Hall–Kier alpha value is -1.89. The van der Waals surface area contributed by atoms with Gasteiger partial charge in [0.2, 0.25) is 17.7 Å². The summed E-state index contributed by atoms with van der Waals surface area (Å²) in [5.74, 6) is 0.811. The predicted molar refractivity (Wildman–Crippen MR) is 86.4 cm³/mol. The van der Waals surface area contributed by atoms with Gasteiger partial charge in [0.1, 0.15) is 6.04 Å². The minimum absolute atomic E-state index is 0.0622. The molecule has 1 unspecified atom stereocenters. The van der Waals surface area contributed by atoms with Crippen molar-refractivity contribution in [1.82, 2.24) is 16.0 Å². The molecular formula is C17H24N4O3. The Kier molecular flexibility index (Phi) is 3.83. The highest BCUT2D eigenvalue weighted by Gasteiger charge is 2.53. The molecule has 3 fully saturated rings. The van der Waals surface area contributed by atoms with E-state index < -0.39 is 11.9 Å². The fourth-order valence-electron chi connectivity index (χ4n) is 5.07. The number of amides is 3. The van der Waals surface area contributed by atoms with Crippen LogP contribution in [-0.2, 0) is 14.4 Å². The molecule has 7 atom stereocenters. The average molecular weight is 332 g/mol. The molecule has 130 valence electrons. The van der Waals surface area contributed by atoms with E-state index in [2.05, 4.69) is 28.1 Å². The number of primary amides is 1. The van der Waals surface area contributed by atoms with Crippen LogP contribution in [-0.4, -0.2) is 42.9 Å². The summed E-state index contributed by atoms with van der Waals surface area (Å²) >= 11 is 0. The van der Waals surface area contributed by atoms with Gasteiger partial charge in [0.25, 0.3) is 0 Å². The summed E-state index contributed by atoms with van der Waals surface area (Å²) in [6.07, 6.45) is 6.60. The molecule has 0 spiro atoms. The van der Waals surface area contributed by atoms with Crippen molar-refractivity contribution < 1.29 is 14.4 Å². The lowest BCUT2D eigenvalue weighted by Crippen LogP contribution is -2.53. The molecule has 2 aliphatic heterocycles. The van der Waals surface area contributed by atoms with Crippen LogP contribution in [0.3, 0.4) is 0 Å². The van der Waals surface area contributed by atoms with Gasteiger partial charge in [-0.05, 0) is 49.5 Å².